The molecule has 0 atom stereocenters. The first-order valence-corrected chi connectivity index (χ1v) is 14.7. The summed E-state index contributed by atoms with van der Waals surface area (Å²) in [6, 6.07) is 33.1. The van der Waals surface area contributed by atoms with E-state index in [0.29, 0.717) is 16.3 Å². The number of rotatable bonds is 4. The highest BCUT2D eigenvalue weighted by Crippen LogP contribution is 2.45. The van der Waals surface area contributed by atoms with E-state index in [2.05, 4.69) is 42.5 Å². The van der Waals surface area contributed by atoms with Gasteiger partial charge >= 0.3 is 0 Å². The Labute approximate surface area is 274 Å². The molecule has 0 amide bonds. The number of hydrogen-bond acceptors (Lipinski definition) is 1. The zero-order valence-electron chi connectivity index (χ0n) is 32.9. The molecule has 8 aromatic carbocycles. The van der Waals surface area contributed by atoms with Gasteiger partial charge in [0.2, 0.25) is 0 Å². The third-order valence-electron chi connectivity index (χ3n) is 8.43. The van der Waals surface area contributed by atoms with Crippen LogP contribution < -0.4 is 0 Å². The molecule has 0 aliphatic rings. The van der Waals surface area contributed by atoms with E-state index in [1.165, 1.54) is 0 Å². The highest BCUT2D eigenvalue weighted by molar-refractivity contribution is 6.22. The van der Waals surface area contributed by atoms with Crippen LogP contribution in [-0.2, 0) is 0 Å². The van der Waals surface area contributed by atoms with E-state index in [1.807, 2.05) is 72.8 Å². The van der Waals surface area contributed by atoms with Gasteiger partial charge in [-0.2, -0.15) is 0 Å². The lowest BCUT2D eigenvalue weighted by atomic mass is 9.85. The van der Waals surface area contributed by atoms with E-state index < -0.39 is 42.3 Å². The van der Waals surface area contributed by atoms with Crippen LogP contribution in [0, 0.1) is 0 Å². The van der Waals surface area contributed by atoms with Crippen LogP contribution in [0.2, 0.25) is 0 Å². The second kappa shape index (κ2) is 10.4. The molecule has 0 saturated heterocycles. The molecule has 1 heterocycles. The average Bonchev–Trinajstić information content (AvgIpc) is 3.57. The molecule has 0 bridgehead atoms. The lowest BCUT2D eigenvalue weighted by Crippen LogP contribution is -1.91. The number of fused-ring (bicyclic) bond motifs is 5. The van der Waals surface area contributed by atoms with Crippen LogP contribution in [0.15, 0.2) is 174 Å². The van der Waals surface area contributed by atoms with Crippen molar-refractivity contribution in [3.63, 3.8) is 0 Å². The van der Waals surface area contributed by atoms with Crippen molar-refractivity contribution < 1.29 is 16.8 Å². The Morgan fingerprint density at radius 2 is 0.867 bits per heavy atom. The molecule has 0 aliphatic carbocycles. The van der Waals surface area contributed by atoms with Gasteiger partial charge < -0.3 is 4.42 Å². The molecule has 9 rings (SSSR count). The second-order valence-corrected chi connectivity index (χ2v) is 11.0. The fraction of sp³-hybridized carbons (Fsp3) is 0. The van der Waals surface area contributed by atoms with E-state index in [9.17, 15) is 1.37 Å². The summed E-state index contributed by atoms with van der Waals surface area (Å²) in [7, 11) is 0. The van der Waals surface area contributed by atoms with Gasteiger partial charge in [-0.3, -0.25) is 0 Å². The van der Waals surface area contributed by atoms with Crippen LogP contribution in [-0.4, -0.2) is 0 Å². The van der Waals surface area contributed by atoms with Gasteiger partial charge in [-0.25, -0.2) is 0 Å². The average molecular weight is 582 g/mol. The standard InChI is InChI=1S/C44H28O/c1-3-12-29(13-4-1)31-16-11-17-33(26-31)43-37-18-7-9-20-39(37)44(40-21-10-8-19-38(40)43)34-23-25-36-35-24-22-32(30-14-5-2-6-15-30)27-41(35)45-42(36)28-34/h1-28H/i1D,3D,4D,11D,12D,13D,16D,17D,26D. The third kappa shape index (κ3) is 4.24. The molecular formula is C44H28O. The van der Waals surface area contributed by atoms with E-state index in [4.69, 9.17) is 15.4 Å². The van der Waals surface area contributed by atoms with Crippen molar-refractivity contribution in [2.45, 2.75) is 0 Å². The first-order chi connectivity index (χ1) is 26.1. The Balaban J connectivity index is 1.32. The topological polar surface area (TPSA) is 13.1 Å². The van der Waals surface area contributed by atoms with Gasteiger partial charge in [-0.1, -0.05) is 139 Å². The smallest absolute Gasteiger partial charge is 0.136 e. The summed E-state index contributed by atoms with van der Waals surface area (Å²) in [4.78, 5) is 0. The largest absolute Gasteiger partial charge is 0.456 e. The minimum absolute atomic E-state index is 0.0405. The van der Waals surface area contributed by atoms with Crippen molar-refractivity contribution in [1.29, 1.82) is 0 Å². The SMILES string of the molecule is [2H]c1c([2H])c([2H])c(-c2c([2H])c([2H])c([2H])c(-c3c4ccccc4c(-c4ccc5c(c4)oc4cc(-c6ccccc6)ccc45)c4ccccc34)c2[2H])c([2H])c1[2H]. The molecule has 0 radical (unpaired) electrons. The van der Waals surface area contributed by atoms with Gasteiger partial charge in [0.1, 0.15) is 11.2 Å². The minimum atomic E-state index is -0.605. The quantitative estimate of drug-likeness (QED) is 0.188. The van der Waals surface area contributed by atoms with Gasteiger partial charge in [0.15, 0.2) is 0 Å². The Kier molecular flexibility index (Phi) is 4.15. The van der Waals surface area contributed by atoms with Crippen molar-refractivity contribution in [3.05, 3.63) is 170 Å². The Hall–Kier alpha value is -5.92. The van der Waals surface area contributed by atoms with Gasteiger partial charge in [0.25, 0.3) is 0 Å². The summed E-state index contributed by atoms with van der Waals surface area (Å²) in [6.45, 7) is 0. The monoisotopic (exact) mass is 581 g/mol. The maximum Gasteiger partial charge on any atom is 0.136 e. The number of furan rings is 1. The van der Waals surface area contributed by atoms with Crippen LogP contribution in [0.4, 0.5) is 0 Å². The molecule has 1 heteroatoms. The molecule has 0 fully saturated rings. The molecule has 210 valence electrons. The fourth-order valence-electron chi connectivity index (χ4n) is 6.42. The molecule has 1 aromatic heterocycles. The second-order valence-electron chi connectivity index (χ2n) is 11.0. The van der Waals surface area contributed by atoms with E-state index in [1.54, 1.807) is 0 Å². The maximum absolute atomic E-state index is 9.50. The summed E-state index contributed by atoms with van der Waals surface area (Å²) < 4.78 is 84.7. The first kappa shape index (κ1) is 18.0. The van der Waals surface area contributed by atoms with E-state index in [0.717, 1.165) is 55.0 Å². The van der Waals surface area contributed by atoms with Gasteiger partial charge in [0.05, 0.1) is 12.3 Å². The van der Waals surface area contributed by atoms with Crippen LogP contribution in [0.3, 0.4) is 0 Å². The summed E-state index contributed by atoms with van der Waals surface area (Å²) in [5, 5.41) is 5.00. The van der Waals surface area contributed by atoms with Crippen molar-refractivity contribution in [3.8, 4) is 44.5 Å². The van der Waals surface area contributed by atoms with Crippen LogP contribution in [0.5, 0.6) is 0 Å². The predicted molar refractivity (Wildman–Crippen MR) is 190 cm³/mol. The van der Waals surface area contributed by atoms with Crippen LogP contribution in [0.25, 0.3) is 88.0 Å². The maximum atomic E-state index is 9.50. The summed E-state index contributed by atoms with van der Waals surface area (Å²) in [6.07, 6.45) is 0. The molecule has 0 aliphatic heterocycles. The zero-order chi connectivity index (χ0) is 37.6. The number of benzene rings is 8. The van der Waals surface area contributed by atoms with Crippen molar-refractivity contribution in [2.24, 2.45) is 0 Å². The molecular weight excluding hydrogens is 544 g/mol. The predicted octanol–water partition coefficient (Wildman–Crippen LogP) is 12.6. The fourth-order valence-corrected chi connectivity index (χ4v) is 6.42. The minimum Gasteiger partial charge on any atom is -0.456 e. The normalized spacial score (nSPS) is 14.4. The van der Waals surface area contributed by atoms with Gasteiger partial charge in [-0.15, -0.1) is 0 Å². The zero-order valence-corrected chi connectivity index (χ0v) is 23.9. The van der Waals surface area contributed by atoms with Crippen LogP contribution in [0.1, 0.15) is 12.3 Å². The third-order valence-corrected chi connectivity index (χ3v) is 8.43. The molecule has 45 heavy (non-hydrogen) atoms. The molecule has 0 saturated carbocycles. The number of hydrogen-bond donors (Lipinski definition) is 0. The van der Waals surface area contributed by atoms with Gasteiger partial charge in [0, 0.05) is 10.8 Å². The highest BCUT2D eigenvalue weighted by atomic mass is 16.3. The molecule has 0 unspecified atom stereocenters. The highest BCUT2D eigenvalue weighted by Gasteiger charge is 2.18. The Bertz CT molecular complexity index is 2960. The lowest BCUT2D eigenvalue weighted by Gasteiger charge is -2.18. The summed E-state index contributed by atoms with van der Waals surface area (Å²) in [5.74, 6) is 0. The molecule has 9 aromatic rings. The summed E-state index contributed by atoms with van der Waals surface area (Å²) in [5.41, 5.74) is 5.35. The van der Waals surface area contributed by atoms with Crippen molar-refractivity contribution in [1.82, 2.24) is 0 Å². The first-order valence-electron chi connectivity index (χ1n) is 19.2. The van der Waals surface area contributed by atoms with E-state index >= 15 is 0 Å². The molecule has 0 N–H and O–H groups in total. The van der Waals surface area contributed by atoms with Crippen LogP contribution >= 0.6 is 0 Å². The van der Waals surface area contributed by atoms with Gasteiger partial charge in [-0.05, 0) is 96.4 Å². The Morgan fingerprint density at radius 3 is 1.51 bits per heavy atom. The lowest BCUT2D eigenvalue weighted by molar-refractivity contribution is 0.669. The van der Waals surface area contributed by atoms with E-state index in [-0.39, 0.29) is 28.8 Å². The van der Waals surface area contributed by atoms with Crippen molar-refractivity contribution in [2.75, 3.05) is 0 Å². The summed E-state index contributed by atoms with van der Waals surface area (Å²) >= 11 is 0. The molecule has 1 nitrogen and oxygen atoms in total. The molecule has 0 spiro atoms. The Morgan fingerprint density at radius 1 is 0.356 bits per heavy atom. The van der Waals surface area contributed by atoms with Crippen molar-refractivity contribution >= 4 is 43.5 Å².